The third kappa shape index (κ3) is 8.82. The fourth-order valence-electron chi connectivity index (χ4n) is 4.92. The van der Waals surface area contributed by atoms with E-state index >= 15 is 8.78 Å². The number of carboxylic acids is 1. The van der Waals surface area contributed by atoms with E-state index in [1.807, 2.05) is 0 Å². The molecule has 11 nitrogen and oxygen atoms in total. The molecule has 240 valence electrons. The predicted octanol–water partition coefficient (Wildman–Crippen LogP) is 3.25. The minimum atomic E-state index is -4.62. The van der Waals surface area contributed by atoms with Crippen molar-refractivity contribution in [1.82, 2.24) is 24.1 Å². The van der Waals surface area contributed by atoms with Gasteiger partial charge in [-0.1, -0.05) is 5.92 Å². The van der Waals surface area contributed by atoms with Crippen molar-refractivity contribution in [3.05, 3.63) is 42.0 Å². The number of halogens is 5. The second-order valence-electron chi connectivity index (χ2n) is 10.1. The number of alkyl halides is 5. The first-order chi connectivity index (χ1) is 20.9. The van der Waals surface area contributed by atoms with Gasteiger partial charge in [0.25, 0.3) is 5.92 Å². The molecule has 0 bridgehead atoms. The van der Waals surface area contributed by atoms with Crippen LogP contribution in [0, 0.1) is 17.8 Å². The Bertz CT molecular complexity index is 1490. The van der Waals surface area contributed by atoms with Crippen LogP contribution in [0.2, 0.25) is 0 Å². The fourth-order valence-corrected chi connectivity index (χ4v) is 5.57. The number of aromatic nitrogens is 4. The maximum atomic E-state index is 15.4. The second kappa shape index (κ2) is 14.6. The number of thioether (sulfide) groups is 1. The van der Waals surface area contributed by atoms with Crippen LogP contribution in [0.3, 0.4) is 0 Å². The first-order valence-corrected chi connectivity index (χ1v) is 14.4. The molecule has 1 fully saturated rings. The molecule has 0 spiro atoms. The van der Waals surface area contributed by atoms with Gasteiger partial charge >= 0.3 is 11.5 Å². The quantitative estimate of drug-likeness (QED) is 0.110. The van der Waals surface area contributed by atoms with Gasteiger partial charge in [0.1, 0.15) is 10.7 Å². The van der Waals surface area contributed by atoms with Crippen LogP contribution in [-0.4, -0.2) is 106 Å². The largest absolute Gasteiger partial charge is 0.478 e. The summed E-state index contributed by atoms with van der Waals surface area (Å²) in [6, 6.07) is 1.61. The molecule has 3 aromatic heterocycles. The van der Waals surface area contributed by atoms with Crippen LogP contribution in [0.1, 0.15) is 22.5 Å². The first-order valence-electron chi connectivity index (χ1n) is 13.6. The number of ether oxygens (including phenoxy) is 2. The average Bonchev–Trinajstić information content (AvgIpc) is 3.55. The van der Waals surface area contributed by atoms with Crippen LogP contribution in [-0.2, 0) is 16.0 Å². The van der Waals surface area contributed by atoms with Crippen LogP contribution in [0.4, 0.5) is 27.6 Å². The number of aromatic carboxylic acids is 1. The number of pyridine rings is 1. The van der Waals surface area contributed by atoms with E-state index in [-0.39, 0.29) is 78.8 Å². The number of nitrogens with two attached hydrogens (primary N) is 1. The molecular formula is C27H32F5N7O4S. The van der Waals surface area contributed by atoms with Gasteiger partial charge < -0.3 is 30.5 Å². The summed E-state index contributed by atoms with van der Waals surface area (Å²) in [7, 11) is 1.60. The highest BCUT2D eigenvalue weighted by atomic mass is 32.2. The molecule has 0 radical (unpaired) electrons. The van der Waals surface area contributed by atoms with Gasteiger partial charge in [0, 0.05) is 37.3 Å². The van der Waals surface area contributed by atoms with Gasteiger partial charge in [-0.25, -0.2) is 18.6 Å². The van der Waals surface area contributed by atoms with Crippen molar-refractivity contribution >= 4 is 29.1 Å². The highest BCUT2D eigenvalue weighted by Crippen LogP contribution is 2.40. The molecule has 3 aromatic rings. The van der Waals surface area contributed by atoms with Crippen molar-refractivity contribution < 1.29 is 41.3 Å². The number of hydrogen-bond acceptors (Lipinski definition) is 9. The van der Waals surface area contributed by atoms with E-state index in [2.05, 4.69) is 27.2 Å². The molecule has 0 saturated carbocycles. The van der Waals surface area contributed by atoms with E-state index in [1.54, 1.807) is 7.05 Å². The third-order valence-corrected chi connectivity index (χ3v) is 7.56. The molecule has 0 aromatic carbocycles. The topological polar surface area (TPSA) is 132 Å². The number of imidazole rings is 1. The van der Waals surface area contributed by atoms with Crippen molar-refractivity contribution in [3.63, 3.8) is 0 Å². The Morgan fingerprint density at radius 2 is 2.02 bits per heavy atom. The van der Waals surface area contributed by atoms with Gasteiger partial charge in [-0.15, -0.1) is 0 Å². The van der Waals surface area contributed by atoms with Crippen LogP contribution in [0.5, 0.6) is 0 Å². The SMILES string of the molecule is CN1CC(CCOCCOCCn2cc(C(=O)O)cn2)C(Nc2cccn3c(SC(F)(F)F)c(C#CCN)nc23)C(F)(F)C1. The number of piperidine rings is 1. The lowest BCUT2D eigenvalue weighted by atomic mass is 9.87. The van der Waals surface area contributed by atoms with Crippen LogP contribution in [0.15, 0.2) is 35.7 Å². The smallest absolute Gasteiger partial charge is 0.447 e. The first kappa shape index (κ1) is 33.5. The molecule has 4 heterocycles. The lowest BCUT2D eigenvalue weighted by molar-refractivity contribution is -0.0931. The van der Waals surface area contributed by atoms with E-state index < -0.39 is 35.9 Å². The minimum absolute atomic E-state index is 0.0387. The highest BCUT2D eigenvalue weighted by Gasteiger charge is 2.49. The molecule has 1 saturated heterocycles. The van der Waals surface area contributed by atoms with Crippen molar-refractivity contribution in [1.29, 1.82) is 0 Å². The Morgan fingerprint density at radius 1 is 1.27 bits per heavy atom. The van der Waals surface area contributed by atoms with Gasteiger partial charge in [0.15, 0.2) is 5.65 Å². The number of rotatable bonds is 13. The van der Waals surface area contributed by atoms with E-state index in [0.717, 1.165) is 0 Å². The molecular weight excluding hydrogens is 613 g/mol. The molecule has 4 N–H and O–H groups in total. The Labute approximate surface area is 253 Å². The number of fused-ring (bicyclic) bond motifs is 1. The summed E-state index contributed by atoms with van der Waals surface area (Å²) in [6.45, 7) is 1.02. The highest BCUT2D eigenvalue weighted by molar-refractivity contribution is 8.00. The molecule has 1 aliphatic rings. The van der Waals surface area contributed by atoms with Gasteiger partial charge in [0.2, 0.25) is 0 Å². The number of nitrogens with zero attached hydrogens (tertiary/aromatic N) is 5. The maximum Gasteiger partial charge on any atom is 0.447 e. The molecule has 4 rings (SSSR count). The van der Waals surface area contributed by atoms with E-state index in [0.29, 0.717) is 13.1 Å². The van der Waals surface area contributed by atoms with Gasteiger partial charge in [-0.2, -0.15) is 18.3 Å². The van der Waals surface area contributed by atoms with Crippen LogP contribution < -0.4 is 11.1 Å². The standard InChI is InChI=1S/C27H32F5N7O4S/c1-37-15-18(6-10-42-12-13-43-11-9-38-16-19(14-34-38)25(40)41)22(26(28,29)17-37)35-20-5-3-8-39-23(20)36-21(4-2-7-33)24(39)44-27(30,31)32/h3,5,8,14,16,18,22,35H,6-7,9-13,15,17,33H2,1H3,(H,40,41). The number of carbonyl (C=O) groups is 1. The van der Waals surface area contributed by atoms with E-state index in [9.17, 15) is 18.0 Å². The fraction of sp³-hybridized carbons (Fsp3) is 0.519. The molecule has 0 amide bonds. The van der Waals surface area contributed by atoms with Crippen molar-refractivity contribution in [2.75, 3.05) is 58.4 Å². The number of likely N-dealkylation sites (tertiary alicyclic amines) is 1. The summed E-state index contributed by atoms with van der Waals surface area (Å²) in [6.07, 6.45) is 4.29. The Morgan fingerprint density at radius 3 is 2.70 bits per heavy atom. The van der Waals surface area contributed by atoms with Crippen LogP contribution >= 0.6 is 11.8 Å². The predicted molar refractivity (Wildman–Crippen MR) is 152 cm³/mol. The van der Waals surface area contributed by atoms with Gasteiger partial charge in [-0.3, -0.25) is 9.08 Å². The maximum absolute atomic E-state index is 15.4. The van der Waals surface area contributed by atoms with Gasteiger partial charge in [-0.05, 0) is 37.4 Å². The van der Waals surface area contributed by atoms with Crippen molar-refractivity contribution in [3.8, 4) is 11.8 Å². The number of nitrogens with one attached hydrogen (secondary N) is 1. The lowest BCUT2D eigenvalue weighted by Crippen LogP contribution is -2.58. The summed E-state index contributed by atoms with van der Waals surface area (Å²) >= 11 is -0.387. The van der Waals surface area contributed by atoms with Crippen molar-refractivity contribution in [2.24, 2.45) is 11.7 Å². The summed E-state index contributed by atoms with van der Waals surface area (Å²) in [4.78, 5) is 16.7. The molecule has 1 aliphatic heterocycles. The van der Waals surface area contributed by atoms with Crippen molar-refractivity contribution in [2.45, 2.75) is 35.5 Å². The zero-order valence-corrected chi connectivity index (χ0v) is 24.5. The number of hydrogen-bond donors (Lipinski definition) is 3. The van der Waals surface area contributed by atoms with Crippen LogP contribution in [0.25, 0.3) is 5.65 Å². The molecule has 17 heteroatoms. The molecule has 2 unspecified atom stereocenters. The monoisotopic (exact) mass is 645 g/mol. The number of carboxylic acid groups (broad SMARTS) is 1. The molecule has 44 heavy (non-hydrogen) atoms. The second-order valence-corrected chi connectivity index (χ2v) is 11.1. The molecule has 2 atom stereocenters. The normalized spacial score (nSPS) is 18.7. The summed E-state index contributed by atoms with van der Waals surface area (Å²) in [5.74, 6) is 0.250. The third-order valence-electron chi connectivity index (χ3n) is 6.74. The summed E-state index contributed by atoms with van der Waals surface area (Å²) in [5, 5.41) is 15.5. The number of anilines is 1. The Kier molecular flexibility index (Phi) is 11.1. The average molecular weight is 646 g/mol. The summed E-state index contributed by atoms with van der Waals surface area (Å²) < 4.78 is 84.6. The summed E-state index contributed by atoms with van der Waals surface area (Å²) in [5.41, 5.74) is 0.890. The Balaban J connectivity index is 1.38. The zero-order chi connectivity index (χ0) is 31.9. The van der Waals surface area contributed by atoms with Gasteiger partial charge in [0.05, 0.1) is 62.9 Å². The lowest BCUT2D eigenvalue weighted by Gasteiger charge is -2.43. The van der Waals surface area contributed by atoms with E-state index in [4.69, 9.17) is 20.3 Å². The zero-order valence-electron chi connectivity index (χ0n) is 23.7. The molecule has 0 aliphatic carbocycles. The Hall–Kier alpha value is -3.43. The van der Waals surface area contributed by atoms with E-state index in [1.165, 1.54) is 44.7 Å². The minimum Gasteiger partial charge on any atom is -0.478 e.